The number of anilines is 4. The lowest BCUT2D eigenvalue weighted by atomic mass is 10.2. The molecule has 0 unspecified atom stereocenters. The Morgan fingerprint density at radius 1 is 0.667 bits per heavy atom. The number of benzene rings is 3. The van der Waals surface area contributed by atoms with E-state index in [4.69, 9.17) is 9.97 Å². The van der Waals surface area contributed by atoms with Crippen LogP contribution in [0.2, 0.25) is 0 Å². The second-order valence-electron chi connectivity index (χ2n) is 6.85. The predicted molar refractivity (Wildman–Crippen MR) is 111 cm³/mol. The van der Waals surface area contributed by atoms with Crippen LogP contribution in [0.15, 0.2) is 78.9 Å². The molecule has 5 rings (SSSR count). The minimum atomic E-state index is 0.0697. The Morgan fingerprint density at radius 2 is 1.22 bits per heavy atom. The van der Waals surface area contributed by atoms with Gasteiger partial charge in [0.15, 0.2) is 11.6 Å². The van der Waals surface area contributed by atoms with Crippen LogP contribution in [-0.4, -0.2) is 16.1 Å². The summed E-state index contributed by atoms with van der Waals surface area (Å²) in [5.41, 5.74) is 5.33. The number of hydrogen-bond donors (Lipinski definition) is 0. The molecule has 0 fully saturated rings. The molecular formula is C23H20N4. The molecule has 3 aromatic carbocycles. The number of fused-ring (bicyclic) bond motifs is 2. The van der Waals surface area contributed by atoms with Crippen LogP contribution in [0, 0.1) is 6.92 Å². The highest BCUT2D eigenvalue weighted by molar-refractivity contribution is 5.89. The van der Waals surface area contributed by atoms with E-state index < -0.39 is 0 Å². The van der Waals surface area contributed by atoms with Crippen LogP contribution in [0.1, 0.15) is 12.5 Å². The summed E-state index contributed by atoms with van der Waals surface area (Å²) in [7, 11) is 0. The number of aromatic nitrogens is 2. The van der Waals surface area contributed by atoms with Crippen molar-refractivity contribution in [1.82, 2.24) is 9.97 Å². The highest BCUT2D eigenvalue weighted by Gasteiger charge is 2.38. The van der Waals surface area contributed by atoms with Crippen molar-refractivity contribution in [1.29, 1.82) is 0 Å². The third-order valence-electron chi connectivity index (χ3n) is 5.15. The molecule has 0 bridgehead atoms. The van der Waals surface area contributed by atoms with Crippen LogP contribution >= 0.6 is 0 Å². The average Bonchev–Trinajstić information content (AvgIpc) is 2.98. The van der Waals surface area contributed by atoms with Gasteiger partial charge in [0, 0.05) is 11.4 Å². The highest BCUT2D eigenvalue weighted by Crippen LogP contribution is 2.46. The summed E-state index contributed by atoms with van der Waals surface area (Å²) in [6, 6.07) is 26.9. The third-order valence-corrected chi connectivity index (χ3v) is 5.15. The predicted octanol–water partition coefficient (Wildman–Crippen LogP) is 5.57. The van der Waals surface area contributed by atoms with Gasteiger partial charge in [0.25, 0.3) is 0 Å². The summed E-state index contributed by atoms with van der Waals surface area (Å²) in [5.74, 6) is 1.80. The van der Waals surface area contributed by atoms with Gasteiger partial charge in [-0.1, -0.05) is 48.5 Å². The van der Waals surface area contributed by atoms with E-state index in [9.17, 15) is 0 Å². The fourth-order valence-electron chi connectivity index (χ4n) is 3.85. The van der Waals surface area contributed by atoms with Gasteiger partial charge in [0.05, 0.1) is 11.0 Å². The van der Waals surface area contributed by atoms with Crippen LogP contribution in [0.25, 0.3) is 11.0 Å². The largest absolute Gasteiger partial charge is 0.302 e. The second-order valence-corrected chi connectivity index (χ2v) is 6.85. The van der Waals surface area contributed by atoms with Crippen molar-refractivity contribution in [2.24, 2.45) is 0 Å². The summed E-state index contributed by atoms with van der Waals surface area (Å²) in [4.78, 5) is 14.5. The summed E-state index contributed by atoms with van der Waals surface area (Å²) in [5, 5.41) is 0. The zero-order chi connectivity index (χ0) is 18.4. The van der Waals surface area contributed by atoms with Crippen LogP contribution in [-0.2, 0) is 0 Å². The molecule has 4 heteroatoms. The molecule has 0 aliphatic carbocycles. The maximum Gasteiger partial charge on any atom is 0.179 e. The minimum Gasteiger partial charge on any atom is -0.302 e. The lowest BCUT2D eigenvalue weighted by Gasteiger charge is -2.30. The first-order valence-electron chi connectivity index (χ1n) is 9.20. The zero-order valence-electron chi connectivity index (χ0n) is 15.4. The van der Waals surface area contributed by atoms with E-state index in [-0.39, 0.29) is 6.17 Å². The smallest absolute Gasteiger partial charge is 0.179 e. The molecule has 4 nitrogen and oxygen atoms in total. The standard InChI is InChI=1S/C23H20N4/c1-16-10-6-9-15-21(16)27-17(2)26(18-11-4-3-5-12-18)22-23(27)25-20-14-8-7-13-19(20)24-22/h3-15,17H,1-2H3/t17-/m0/s1. The number of aryl methyl sites for hydroxylation is 1. The van der Waals surface area contributed by atoms with Gasteiger partial charge in [-0.15, -0.1) is 0 Å². The quantitative estimate of drug-likeness (QED) is 0.472. The number of rotatable bonds is 2. The summed E-state index contributed by atoms with van der Waals surface area (Å²) in [6.07, 6.45) is 0.0697. The Bertz CT molecular complexity index is 1120. The molecule has 0 spiro atoms. The molecule has 1 aromatic heterocycles. The fraction of sp³-hybridized carbons (Fsp3) is 0.130. The Kier molecular flexibility index (Phi) is 3.57. The maximum absolute atomic E-state index is 5.00. The number of nitrogens with zero attached hydrogens (tertiary/aromatic N) is 4. The lowest BCUT2D eigenvalue weighted by Crippen LogP contribution is -2.35. The van der Waals surface area contributed by atoms with Gasteiger partial charge in [-0.2, -0.15) is 0 Å². The van der Waals surface area contributed by atoms with E-state index in [1.165, 1.54) is 5.56 Å². The van der Waals surface area contributed by atoms with Gasteiger partial charge >= 0.3 is 0 Å². The van der Waals surface area contributed by atoms with Crippen molar-refractivity contribution >= 4 is 34.0 Å². The van der Waals surface area contributed by atoms with Crippen LogP contribution < -0.4 is 9.80 Å². The summed E-state index contributed by atoms with van der Waals surface area (Å²) < 4.78 is 0. The molecule has 0 radical (unpaired) electrons. The van der Waals surface area contributed by atoms with E-state index in [0.717, 1.165) is 34.0 Å². The molecule has 4 aromatic rings. The molecule has 2 heterocycles. The molecule has 1 atom stereocenters. The van der Waals surface area contributed by atoms with E-state index in [2.05, 4.69) is 72.2 Å². The molecule has 0 N–H and O–H groups in total. The molecule has 27 heavy (non-hydrogen) atoms. The monoisotopic (exact) mass is 352 g/mol. The van der Waals surface area contributed by atoms with Gasteiger partial charge in [0.2, 0.25) is 0 Å². The summed E-state index contributed by atoms with van der Waals surface area (Å²) >= 11 is 0. The van der Waals surface area contributed by atoms with Crippen molar-refractivity contribution < 1.29 is 0 Å². The van der Waals surface area contributed by atoms with Crippen molar-refractivity contribution in [3.05, 3.63) is 84.4 Å². The SMILES string of the molecule is Cc1ccccc1N1c2nc3ccccc3nc2N(c2ccccc2)[C@@H]1C. The van der Waals surface area contributed by atoms with E-state index >= 15 is 0 Å². The van der Waals surface area contributed by atoms with Gasteiger partial charge in [-0.05, 0) is 49.7 Å². The first-order chi connectivity index (χ1) is 13.2. The number of hydrogen-bond acceptors (Lipinski definition) is 4. The van der Waals surface area contributed by atoms with Crippen molar-refractivity contribution in [2.45, 2.75) is 20.0 Å². The fourth-order valence-corrected chi connectivity index (χ4v) is 3.85. The molecule has 0 saturated heterocycles. The van der Waals surface area contributed by atoms with Gasteiger partial charge < -0.3 is 9.80 Å². The van der Waals surface area contributed by atoms with Crippen LogP contribution in [0.5, 0.6) is 0 Å². The normalized spacial score (nSPS) is 16.0. The lowest BCUT2D eigenvalue weighted by molar-refractivity contribution is 0.753. The Hall–Kier alpha value is -3.40. The van der Waals surface area contributed by atoms with Gasteiger partial charge in [-0.3, -0.25) is 0 Å². The third kappa shape index (κ3) is 2.45. The topological polar surface area (TPSA) is 32.3 Å². The van der Waals surface area contributed by atoms with Crippen molar-refractivity contribution in [3.8, 4) is 0 Å². The molecule has 0 amide bonds. The van der Waals surface area contributed by atoms with Crippen LogP contribution in [0.3, 0.4) is 0 Å². The first kappa shape index (κ1) is 15.8. The van der Waals surface area contributed by atoms with Crippen molar-refractivity contribution in [2.75, 3.05) is 9.80 Å². The minimum absolute atomic E-state index is 0.0697. The first-order valence-corrected chi connectivity index (χ1v) is 9.20. The van der Waals surface area contributed by atoms with Crippen molar-refractivity contribution in [3.63, 3.8) is 0 Å². The highest BCUT2D eigenvalue weighted by atomic mass is 15.5. The van der Waals surface area contributed by atoms with Crippen LogP contribution in [0.4, 0.5) is 23.0 Å². The van der Waals surface area contributed by atoms with E-state index in [0.29, 0.717) is 0 Å². The average molecular weight is 352 g/mol. The molecule has 1 aliphatic rings. The maximum atomic E-state index is 5.00. The number of para-hydroxylation sites is 4. The molecule has 0 saturated carbocycles. The zero-order valence-corrected chi connectivity index (χ0v) is 15.4. The Balaban J connectivity index is 1.78. The van der Waals surface area contributed by atoms with E-state index in [1.807, 2.05) is 30.3 Å². The van der Waals surface area contributed by atoms with E-state index in [1.54, 1.807) is 0 Å². The molecule has 1 aliphatic heterocycles. The Morgan fingerprint density at radius 3 is 1.89 bits per heavy atom. The second kappa shape index (κ2) is 6.09. The molecule has 132 valence electrons. The van der Waals surface area contributed by atoms with Gasteiger partial charge in [0.1, 0.15) is 6.17 Å². The Labute approximate surface area is 158 Å². The molecular weight excluding hydrogens is 332 g/mol. The summed E-state index contributed by atoms with van der Waals surface area (Å²) in [6.45, 7) is 4.34. The van der Waals surface area contributed by atoms with Gasteiger partial charge in [-0.25, -0.2) is 9.97 Å².